The maximum atomic E-state index is 9.52. The van der Waals surface area contributed by atoms with Crippen LogP contribution >= 0.6 is 11.3 Å². The predicted octanol–water partition coefficient (Wildman–Crippen LogP) is 2.97. The number of thiophene rings is 1. The van der Waals surface area contributed by atoms with E-state index < -0.39 is 0 Å². The van der Waals surface area contributed by atoms with Crippen LogP contribution < -0.4 is 4.74 Å². The summed E-state index contributed by atoms with van der Waals surface area (Å²) < 4.78 is 10.7. The molecular formula is C21H30N2O3S. The second-order valence-corrected chi connectivity index (χ2v) is 8.06. The molecule has 1 aliphatic rings. The molecule has 1 fully saturated rings. The molecule has 27 heavy (non-hydrogen) atoms. The highest BCUT2D eigenvalue weighted by molar-refractivity contribution is 7.09. The first-order valence-corrected chi connectivity index (χ1v) is 10.4. The van der Waals surface area contributed by atoms with Crippen LogP contribution in [0.15, 0.2) is 35.7 Å². The molecule has 1 aromatic carbocycles. The lowest BCUT2D eigenvalue weighted by Crippen LogP contribution is -2.52. The Morgan fingerprint density at radius 1 is 1.19 bits per heavy atom. The van der Waals surface area contributed by atoms with E-state index in [0.717, 1.165) is 50.5 Å². The van der Waals surface area contributed by atoms with Gasteiger partial charge in [0.25, 0.3) is 0 Å². The second-order valence-electron chi connectivity index (χ2n) is 7.03. The number of rotatable bonds is 9. The van der Waals surface area contributed by atoms with Crippen LogP contribution in [0, 0.1) is 0 Å². The van der Waals surface area contributed by atoms with Crippen LogP contribution in [0.3, 0.4) is 0 Å². The summed E-state index contributed by atoms with van der Waals surface area (Å²) in [5.41, 5.74) is 2.36. The number of hydrogen-bond donors (Lipinski definition) is 1. The summed E-state index contributed by atoms with van der Waals surface area (Å²) in [6.45, 7) is 5.74. The number of aliphatic hydroxyl groups excluding tert-OH is 1. The SMILES string of the molecule is COCc1cc(CN2CCN(Cc3cccs3)[C@H](CCO)C2)ccc1OC. The molecule has 2 heterocycles. The van der Waals surface area contributed by atoms with E-state index in [1.54, 1.807) is 14.2 Å². The summed E-state index contributed by atoms with van der Waals surface area (Å²) in [6.07, 6.45) is 0.819. The summed E-state index contributed by atoms with van der Waals surface area (Å²) >= 11 is 1.81. The van der Waals surface area contributed by atoms with Crippen molar-refractivity contribution < 1.29 is 14.6 Å². The maximum Gasteiger partial charge on any atom is 0.124 e. The summed E-state index contributed by atoms with van der Waals surface area (Å²) in [4.78, 5) is 6.40. The maximum absolute atomic E-state index is 9.52. The van der Waals surface area contributed by atoms with E-state index in [0.29, 0.717) is 12.6 Å². The van der Waals surface area contributed by atoms with Gasteiger partial charge in [-0.05, 0) is 35.6 Å². The Morgan fingerprint density at radius 3 is 2.78 bits per heavy atom. The Balaban J connectivity index is 1.63. The van der Waals surface area contributed by atoms with Gasteiger partial charge >= 0.3 is 0 Å². The average molecular weight is 391 g/mol. The van der Waals surface area contributed by atoms with Crippen LogP contribution in [-0.2, 0) is 24.4 Å². The summed E-state index contributed by atoms with van der Waals surface area (Å²) in [5, 5.41) is 11.7. The van der Waals surface area contributed by atoms with Gasteiger partial charge in [0.1, 0.15) is 5.75 Å². The third-order valence-corrected chi connectivity index (χ3v) is 6.00. The molecular weight excluding hydrogens is 360 g/mol. The molecule has 2 aromatic rings. The van der Waals surface area contributed by atoms with Crippen LogP contribution in [0.1, 0.15) is 22.4 Å². The van der Waals surface area contributed by atoms with E-state index in [2.05, 4.69) is 39.4 Å². The number of aliphatic hydroxyl groups is 1. The van der Waals surface area contributed by atoms with E-state index in [1.165, 1.54) is 10.4 Å². The van der Waals surface area contributed by atoms with Crippen molar-refractivity contribution in [2.75, 3.05) is 40.5 Å². The lowest BCUT2D eigenvalue weighted by atomic mass is 10.1. The zero-order chi connectivity index (χ0) is 19.1. The van der Waals surface area contributed by atoms with Gasteiger partial charge in [-0.2, -0.15) is 0 Å². The van der Waals surface area contributed by atoms with E-state index in [9.17, 15) is 5.11 Å². The molecule has 3 rings (SSSR count). The van der Waals surface area contributed by atoms with E-state index in [1.807, 2.05) is 17.4 Å². The molecule has 1 atom stereocenters. The van der Waals surface area contributed by atoms with Crippen molar-refractivity contribution in [3.8, 4) is 5.75 Å². The van der Waals surface area contributed by atoms with Crippen molar-refractivity contribution >= 4 is 11.3 Å². The first-order chi connectivity index (χ1) is 13.2. The number of ether oxygens (including phenoxy) is 2. The Labute approximate surface area is 166 Å². The lowest BCUT2D eigenvalue weighted by molar-refractivity contribution is 0.0506. The minimum Gasteiger partial charge on any atom is -0.496 e. The normalized spacial score (nSPS) is 18.7. The number of nitrogens with zero attached hydrogens (tertiary/aromatic N) is 2. The van der Waals surface area contributed by atoms with Gasteiger partial charge in [-0.25, -0.2) is 0 Å². The molecule has 1 saturated heterocycles. The summed E-state index contributed by atoms with van der Waals surface area (Å²) in [5.74, 6) is 0.875. The molecule has 0 unspecified atom stereocenters. The van der Waals surface area contributed by atoms with Crippen molar-refractivity contribution in [3.05, 3.63) is 51.7 Å². The minimum absolute atomic E-state index is 0.236. The molecule has 0 bridgehead atoms. The topological polar surface area (TPSA) is 45.2 Å². The number of methoxy groups -OCH3 is 2. The molecule has 6 heteroatoms. The van der Waals surface area contributed by atoms with Crippen LogP contribution in [-0.4, -0.2) is 61.4 Å². The molecule has 0 saturated carbocycles. The lowest BCUT2D eigenvalue weighted by Gasteiger charge is -2.41. The molecule has 5 nitrogen and oxygen atoms in total. The molecule has 1 N–H and O–H groups in total. The van der Waals surface area contributed by atoms with Gasteiger partial charge in [0, 0.05) is 62.9 Å². The van der Waals surface area contributed by atoms with Crippen LogP contribution in [0.5, 0.6) is 5.75 Å². The van der Waals surface area contributed by atoms with Crippen molar-refractivity contribution in [1.82, 2.24) is 9.80 Å². The van der Waals surface area contributed by atoms with E-state index >= 15 is 0 Å². The largest absolute Gasteiger partial charge is 0.496 e. The standard InChI is InChI=1S/C21H30N2O3S/c1-25-16-18-12-17(5-6-21(18)26-2)13-22-8-9-23(19(14-22)7-10-24)15-20-4-3-11-27-20/h3-6,11-12,19,24H,7-10,13-16H2,1-2H3/t19-/m1/s1. The van der Waals surface area contributed by atoms with Gasteiger partial charge in [0.05, 0.1) is 13.7 Å². The third kappa shape index (κ3) is 5.53. The third-order valence-electron chi connectivity index (χ3n) is 5.14. The highest BCUT2D eigenvalue weighted by Crippen LogP contribution is 2.24. The smallest absolute Gasteiger partial charge is 0.124 e. The van der Waals surface area contributed by atoms with E-state index in [-0.39, 0.29) is 6.61 Å². The minimum atomic E-state index is 0.236. The van der Waals surface area contributed by atoms with Crippen molar-refractivity contribution in [2.24, 2.45) is 0 Å². The van der Waals surface area contributed by atoms with Gasteiger partial charge in [0.15, 0.2) is 0 Å². The molecule has 0 spiro atoms. The molecule has 0 aliphatic carbocycles. The van der Waals surface area contributed by atoms with Crippen LogP contribution in [0.4, 0.5) is 0 Å². The Bertz CT molecular complexity index is 693. The zero-order valence-corrected chi connectivity index (χ0v) is 17.1. The van der Waals surface area contributed by atoms with Crippen LogP contribution in [0.2, 0.25) is 0 Å². The summed E-state index contributed by atoms with van der Waals surface area (Å²) in [7, 11) is 3.40. The molecule has 0 radical (unpaired) electrons. The van der Waals surface area contributed by atoms with Crippen molar-refractivity contribution in [1.29, 1.82) is 0 Å². The quantitative estimate of drug-likeness (QED) is 0.713. The van der Waals surface area contributed by atoms with Crippen molar-refractivity contribution in [3.63, 3.8) is 0 Å². The monoisotopic (exact) mass is 390 g/mol. The Kier molecular flexibility index (Phi) is 7.67. The fraction of sp³-hybridized carbons (Fsp3) is 0.524. The average Bonchev–Trinajstić information content (AvgIpc) is 3.18. The number of benzene rings is 1. The summed E-state index contributed by atoms with van der Waals surface area (Å²) in [6, 6.07) is 11.0. The van der Waals surface area contributed by atoms with E-state index in [4.69, 9.17) is 9.47 Å². The highest BCUT2D eigenvalue weighted by Gasteiger charge is 2.27. The van der Waals surface area contributed by atoms with Gasteiger partial charge in [-0.15, -0.1) is 11.3 Å². The molecule has 0 amide bonds. The van der Waals surface area contributed by atoms with Crippen LogP contribution in [0.25, 0.3) is 0 Å². The molecule has 1 aromatic heterocycles. The predicted molar refractivity (Wildman–Crippen MR) is 109 cm³/mol. The zero-order valence-electron chi connectivity index (χ0n) is 16.3. The Morgan fingerprint density at radius 2 is 2.07 bits per heavy atom. The second kappa shape index (κ2) is 10.2. The number of hydrogen-bond acceptors (Lipinski definition) is 6. The van der Waals surface area contributed by atoms with Gasteiger partial charge in [-0.1, -0.05) is 12.1 Å². The van der Waals surface area contributed by atoms with Crippen molar-refractivity contribution in [2.45, 2.75) is 32.2 Å². The highest BCUT2D eigenvalue weighted by atomic mass is 32.1. The fourth-order valence-electron chi connectivity index (χ4n) is 3.79. The molecule has 148 valence electrons. The Hall–Kier alpha value is -1.44. The fourth-order valence-corrected chi connectivity index (χ4v) is 4.52. The first-order valence-electron chi connectivity index (χ1n) is 9.48. The van der Waals surface area contributed by atoms with Gasteiger partial charge in [-0.3, -0.25) is 9.80 Å². The number of piperazine rings is 1. The van der Waals surface area contributed by atoms with Gasteiger partial charge in [0.2, 0.25) is 0 Å². The first kappa shape index (κ1) is 20.3. The van der Waals surface area contributed by atoms with Gasteiger partial charge < -0.3 is 14.6 Å². The molecule has 1 aliphatic heterocycles.